The summed E-state index contributed by atoms with van der Waals surface area (Å²) in [5.74, 6) is -3.44. The normalized spacial score (nSPS) is 13.5. The Kier molecular flexibility index (Phi) is 6.70. The number of amides is 1. The van der Waals surface area contributed by atoms with Gasteiger partial charge in [-0.1, -0.05) is 13.0 Å². The third kappa shape index (κ3) is 4.81. The van der Waals surface area contributed by atoms with Gasteiger partial charge in [-0.05, 0) is 54.8 Å². The molecular weight excluding hydrogens is 455 g/mol. The SMILES string of the molecule is COc1cc(C(N)=O)ccc1S(=O)(=O)N[C@H](c1n[nH]c(=O)o1)[C@H](C)c1c(F)ccc(C)c1C. The van der Waals surface area contributed by atoms with E-state index in [4.69, 9.17) is 14.9 Å². The van der Waals surface area contributed by atoms with Gasteiger partial charge in [0.15, 0.2) is 0 Å². The zero-order chi connectivity index (χ0) is 24.5. The highest BCUT2D eigenvalue weighted by Crippen LogP contribution is 2.36. The van der Waals surface area contributed by atoms with Gasteiger partial charge >= 0.3 is 5.76 Å². The first kappa shape index (κ1) is 24.1. The summed E-state index contributed by atoms with van der Waals surface area (Å²) in [4.78, 5) is 22.7. The molecule has 2 aromatic carbocycles. The molecule has 33 heavy (non-hydrogen) atoms. The number of aryl methyl sites for hydroxylation is 1. The highest BCUT2D eigenvalue weighted by atomic mass is 32.2. The predicted molar refractivity (Wildman–Crippen MR) is 116 cm³/mol. The maximum absolute atomic E-state index is 14.8. The van der Waals surface area contributed by atoms with Crippen LogP contribution in [0.25, 0.3) is 0 Å². The van der Waals surface area contributed by atoms with Crippen molar-refractivity contribution in [3.05, 3.63) is 74.8 Å². The molecule has 0 radical (unpaired) electrons. The summed E-state index contributed by atoms with van der Waals surface area (Å²) in [5, 5.41) is 5.84. The summed E-state index contributed by atoms with van der Waals surface area (Å²) in [6, 6.07) is 5.21. The molecule has 1 aromatic heterocycles. The maximum atomic E-state index is 14.8. The summed E-state index contributed by atoms with van der Waals surface area (Å²) >= 11 is 0. The molecule has 0 spiro atoms. The average Bonchev–Trinajstić information content (AvgIpc) is 3.20. The number of ether oxygens (including phenoxy) is 1. The fourth-order valence-electron chi connectivity index (χ4n) is 3.54. The number of methoxy groups -OCH3 is 1. The Balaban J connectivity index is 2.12. The van der Waals surface area contributed by atoms with Gasteiger partial charge in [-0.2, -0.15) is 4.72 Å². The molecule has 0 saturated heterocycles. The van der Waals surface area contributed by atoms with Gasteiger partial charge in [0, 0.05) is 11.5 Å². The van der Waals surface area contributed by atoms with Crippen LogP contribution in [0.3, 0.4) is 0 Å². The molecule has 0 unspecified atom stereocenters. The van der Waals surface area contributed by atoms with Crippen LogP contribution in [0.2, 0.25) is 0 Å². The molecule has 0 saturated carbocycles. The first-order valence-electron chi connectivity index (χ1n) is 9.77. The number of sulfonamides is 1. The minimum absolute atomic E-state index is 0.0477. The molecule has 0 aliphatic heterocycles. The largest absolute Gasteiger partial charge is 0.495 e. The lowest BCUT2D eigenvalue weighted by Crippen LogP contribution is -2.33. The Morgan fingerprint density at radius 1 is 1.27 bits per heavy atom. The van der Waals surface area contributed by atoms with E-state index in [0.29, 0.717) is 5.56 Å². The number of nitrogens with one attached hydrogen (secondary N) is 2. The molecular formula is C21H23FN4O6S. The number of benzene rings is 2. The highest BCUT2D eigenvalue weighted by Gasteiger charge is 2.34. The van der Waals surface area contributed by atoms with Crippen LogP contribution in [0.15, 0.2) is 44.4 Å². The van der Waals surface area contributed by atoms with Gasteiger partial charge in [0.05, 0.1) is 7.11 Å². The van der Waals surface area contributed by atoms with Crippen molar-refractivity contribution in [2.75, 3.05) is 7.11 Å². The van der Waals surface area contributed by atoms with Gasteiger partial charge in [0.2, 0.25) is 21.8 Å². The van der Waals surface area contributed by atoms with E-state index in [1.165, 1.54) is 25.3 Å². The standard InChI is InChI=1S/C21H23FN4O6S/c1-10-5-7-14(22)17(11(10)2)12(3)18(20-24-25-21(28)32-20)26-33(29,30)16-8-6-13(19(23)27)9-15(16)31-4/h5-9,12,18,26H,1-4H3,(H2,23,27)(H,25,28)/t12-,18+/m1/s1. The van der Waals surface area contributed by atoms with Crippen molar-refractivity contribution in [1.82, 2.24) is 14.9 Å². The van der Waals surface area contributed by atoms with E-state index in [1.54, 1.807) is 26.8 Å². The van der Waals surface area contributed by atoms with Gasteiger partial charge < -0.3 is 14.9 Å². The van der Waals surface area contributed by atoms with Gasteiger partial charge in [0.1, 0.15) is 22.5 Å². The second-order valence-electron chi connectivity index (χ2n) is 7.47. The molecule has 0 aliphatic rings. The lowest BCUT2D eigenvalue weighted by atomic mass is 9.88. The van der Waals surface area contributed by atoms with E-state index in [-0.39, 0.29) is 27.7 Å². The van der Waals surface area contributed by atoms with Gasteiger partial charge in [-0.15, -0.1) is 5.10 Å². The van der Waals surface area contributed by atoms with E-state index in [2.05, 4.69) is 14.9 Å². The summed E-state index contributed by atoms with van der Waals surface area (Å²) < 4.78 is 54.0. The highest BCUT2D eigenvalue weighted by molar-refractivity contribution is 7.89. The number of aromatic amines is 1. The molecule has 0 fully saturated rings. The fraction of sp³-hybridized carbons (Fsp3) is 0.286. The van der Waals surface area contributed by atoms with Crippen LogP contribution in [0.4, 0.5) is 4.39 Å². The number of primary amides is 1. The molecule has 12 heteroatoms. The van der Waals surface area contributed by atoms with Crippen LogP contribution in [0.5, 0.6) is 5.75 Å². The number of hydrogen-bond donors (Lipinski definition) is 3. The Labute approximate surface area is 189 Å². The van der Waals surface area contributed by atoms with Crippen molar-refractivity contribution < 1.29 is 26.8 Å². The van der Waals surface area contributed by atoms with E-state index in [1.807, 2.05) is 0 Å². The van der Waals surface area contributed by atoms with E-state index >= 15 is 0 Å². The lowest BCUT2D eigenvalue weighted by Gasteiger charge is -2.25. The summed E-state index contributed by atoms with van der Waals surface area (Å²) in [6.07, 6.45) is 0. The lowest BCUT2D eigenvalue weighted by molar-refractivity contribution is 0.0999. The van der Waals surface area contributed by atoms with Gasteiger partial charge in [-0.25, -0.2) is 22.7 Å². The second kappa shape index (κ2) is 9.16. The molecule has 1 amide bonds. The fourth-order valence-corrected chi connectivity index (χ4v) is 4.96. The molecule has 0 bridgehead atoms. The molecule has 4 N–H and O–H groups in total. The van der Waals surface area contributed by atoms with Crippen molar-refractivity contribution in [2.45, 2.75) is 37.6 Å². The van der Waals surface area contributed by atoms with E-state index < -0.39 is 39.5 Å². The van der Waals surface area contributed by atoms with Crippen molar-refractivity contribution in [2.24, 2.45) is 5.73 Å². The summed E-state index contributed by atoms with van der Waals surface area (Å²) in [5.41, 5.74) is 6.96. The van der Waals surface area contributed by atoms with E-state index in [0.717, 1.165) is 11.6 Å². The Bertz CT molecular complexity index is 1370. The number of nitrogens with zero attached hydrogens (tertiary/aromatic N) is 1. The molecule has 3 rings (SSSR count). The number of hydrogen-bond acceptors (Lipinski definition) is 7. The molecule has 176 valence electrons. The third-order valence-electron chi connectivity index (χ3n) is 5.43. The predicted octanol–water partition coefficient (Wildman–Crippen LogP) is 2.05. The van der Waals surface area contributed by atoms with Gasteiger partial charge in [0.25, 0.3) is 0 Å². The smallest absolute Gasteiger partial charge is 0.434 e. The molecule has 3 aromatic rings. The van der Waals surface area contributed by atoms with Crippen molar-refractivity contribution in [3.8, 4) is 5.75 Å². The number of nitrogens with two attached hydrogens (primary N) is 1. The van der Waals surface area contributed by atoms with Crippen LogP contribution in [0, 0.1) is 19.7 Å². The maximum Gasteiger partial charge on any atom is 0.434 e. The molecule has 1 heterocycles. The van der Waals surface area contributed by atoms with Crippen molar-refractivity contribution >= 4 is 15.9 Å². The van der Waals surface area contributed by atoms with Crippen LogP contribution in [-0.4, -0.2) is 31.6 Å². The molecule has 2 atom stereocenters. The van der Waals surface area contributed by atoms with Crippen LogP contribution < -0.4 is 20.9 Å². The monoisotopic (exact) mass is 478 g/mol. The second-order valence-corrected chi connectivity index (χ2v) is 9.15. The third-order valence-corrected chi connectivity index (χ3v) is 6.91. The Morgan fingerprint density at radius 3 is 2.55 bits per heavy atom. The minimum atomic E-state index is -4.34. The first-order chi connectivity index (χ1) is 15.5. The number of rotatable bonds is 8. The van der Waals surface area contributed by atoms with Crippen LogP contribution >= 0.6 is 0 Å². The quantitative estimate of drug-likeness (QED) is 0.447. The number of aromatic nitrogens is 2. The number of carbonyl (C=O) groups is 1. The number of halogens is 1. The topological polar surface area (TPSA) is 157 Å². The summed E-state index contributed by atoms with van der Waals surface area (Å²) in [6.45, 7) is 5.09. The number of carbonyl (C=O) groups excluding carboxylic acids is 1. The van der Waals surface area contributed by atoms with Crippen LogP contribution in [-0.2, 0) is 10.0 Å². The van der Waals surface area contributed by atoms with E-state index in [9.17, 15) is 22.4 Å². The Morgan fingerprint density at radius 2 is 1.97 bits per heavy atom. The molecule has 0 aliphatic carbocycles. The van der Waals surface area contributed by atoms with Crippen molar-refractivity contribution in [1.29, 1.82) is 0 Å². The minimum Gasteiger partial charge on any atom is -0.495 e. The van der Waals surface area contributed by atoms with Crippen LogP contribution in [0.1, 0.15) is 51.8 Å². The van der Waals surface area contributed by atoms with Crippen molar-refractivity contribution in [3.63, 3.8) is 0 Å². The first-order valence-corrected chi connectivity index (χ1v) is 11.3. The zero-order valence-corrected chi connectivity index (χ0v) is 19.1. The number of H-pyrrole nitrogens is 1. The zero-order valence-electron chi connectivity index (χ0n) is 18.3. The Hall–Kier alpha value is -3.51. The average molecular weight is 479 g/mol. The summed E-state index contributed by atoms with van der Waals surface area (Å²) in [7, 11) is -3.10. The van der Waals surface area contributed by atoms with Gasteiger partial charge in [-0.3, -0.25) is 4.79 Å². The molecule has 10 nitrogen and oxygen atoms in total.